The summed E-state index contributed by atoms with van der Waals surface area (Å²) in [6, 6.07) is 27.3. The largest absolute Gasteiger partial charge is 0.346 e. The van der Waals surface area contributed by atoms with Crippen molar-refractivity contribution in [3.8, 4) is 0 Å². The van der Waals surface area contributed by atoms with Crippen molar-refractivity contribution in [1.29, 1.82) is 0 Å². The van der Waals surface area contributed by atoms with E-state index >= 15 is 0 Å². The van der Waals surface area contributed by atoms with Gasteiger partial charge in [-0.3, -0.25) is 14.4 Å². The second-order valence-corrected chi connectivity index (χ2v) is 12.3. The van der Waals surface area contributed by atoms with Gasteiger partial charge in [0.25, 0.3) is 0 Å². The number of piperidine rings is 1. The quantitative estimate of drug-likeness (QED) is 0.142. The van der Waals surface area contributed by atoms with E-state index in [-0.39, 0.29) is 23.5 Å². The first-order chi connectivity index (χ1) is 21.1. The standard InChI is InChI=1S/C35H40N4O3S/c40-32(21-20-26-12-3-1-4-13-26)39-23-11-16-28(25-39)34(42)37-30(18-9-10-22-36-24-27-14-5-2-6-15-27)33(41)35-38-29-17-7-8-19-31(29)43-35/h1-8,12-15,17,19,28,30,36H,9-11,16,18,20-25H2,(H,37,42)/t28-,30-/m0/s1. The highest BCUT2D eigenvalue weighted by atomic mass is 32.1. The van der Waals surface area contributed by atoms with Crippen molar-refractivity contribution in [2.75, 3.05) is 19.6 Å². The summed E-state index contributed by atoms with van der Waals surface area (Å²) in [5, 5.41) is 6.97. The Morgan fingerprint density at radius 1 is 0.907 bits per heavy atom. The van der Waals surface area contributed by atoms with E-state index in [9.17, 15) is 14.4 Å². The van der Waals surface area contributed by atoms with Crippen LogP contribution in [0.25, 0.3) is 10.2 Å². The van der Waals surface area contributed by atoms with Crippen LogP contribution in [0.2, 0.25) is 0 Å². The number of thiazole rings is 1. The van der Waals surface area contributed by atoms with Crippen molar-refractivity contribution in [1.82, 2.24) is 20.5 Å². The number of rotatable bonds is 14. The molecule has 2 N–H and O–H groups in total. The molecular formula is C35H40N4O3S. The third-order valence-corrected chi connectivity index (χ3v) is 9.07. The predicted octanol–water partition coefficient (Wildman–Crippen LogP) is 5.80. The summed E-state index contributed by atoms with van der Waals surface area (Å²) in [7, 11) is 0. The van der Waals surface area contributed by atoms with E-state index in [1.807, 2.05) is 77.7 Å². The molecule has 1 fully saturated rings. The van der Waals surface area contributed by atoms with E-state index in [0.717, 1.165) is 48.1 Å². The first kappa shape index (κ1) is 30.6. The van der Waals surface area contributed by atoms with E-state index in [1.165, 1.54) is 16.9 Å². The molecule has 0 saturated carbocycles. The molecule has 4 aromatic rings. The van der Waals surface area contributed by atoms with Gasteiger partial charge in [0, 0.05) is 26.1 Å². The van der Waals surface area contributed by atoms with Crippen LogP contribution >= 0.6 is 11.3 Å². The maximum Gasteiger partial charge on any atom is 0.225 e. The van der Waals surface area contributed by atoms with Crippen LogP contribution in [0.5, 0.6) is 0 Å². The van der Waals surface area contributed by atoms with Crippen molar-refractivity contribution >= 4 is 39.2 Å². The topological polar surface area (TPSA) is 91.4 Å². The number of hydrogen-bond acceptors (Lipinski definition) is 6. The Balaban J connectivity index is 1.17. The molecule has 1 aliphatic rings. The van der Waals surface area contributed by atoms with Gasteiger partial charge in [-0.15, -0.1) is 11.3 Å². The molecule has 0 radical (unpaired) electrons. The van der Waals surface area contributed by atoms with Crippen LogP contribution in [0.1, 0.15) is 59.5 Å². The molecule has 5 rings (SSSR count). The van der Waals surface area contributed by atoms with Crippen LogP contribution in [-0.2, 0) is 22.6 Å². The minimum atomic E-state index is -0.647. The molecule has 224 valence electrons. The van der Waals surface area contributed by atoms with Crippen molar-refractivity contribution in [2.45, 2.75) is 57.5 Å². The third kappa shape index (κ3) is 8.81. The third-order valence-electron chi connectivity index (χ3n) is 8.02. The molecule has 7 nitrogen and oxygen atoms in total. The highest BCUT2D eigenvalue weighted by molar-refractivity contribution is 7.20. The average Bonchev–Trinajstić information content (AvgIpc) is 3.50. The average molecular weight is 597 g/mol. The van der Waals surface area contributed by atoms with Crippen LogP contribution in [0.15, 0.2) is 84.9 Å². The minimum Gasteiger partial charge on any atom is -0.346 e. The molecule has 0 spiro atoms. The lowest BCUT2D eigenvalue weighted by Gasteiger charge is -2.33. The molecule has 2 amide bonds. The second kappa shape index (κ2) is 15.5. The zero-order valence-corrected chi connectivity index (χ0v) is 25.4. The lowest BCUT2D eigenvalue weighted by atomic mass is 9.95. The van der Waals surface area contributed by atoms with Crippen LogP contribution < -0.4 is 10.6 Å². The number of para-hydroxylation sites is 1. The number of benzene rings is 3. The zero-order chi connectivity index (χ0) is 29.9. The summed E-state index contributed by atoms with van der Waals surface area (Å²) < 4.78 is 0.956. The van der Waals surface area contributed by atoms with E-state index in [4.69, 9.17) is 0 Å². The molecule has 8 heteroatoms. The maximum atomic E-state index is 13.7. The fourth-order valence-electron chi connectivity index (χ4n) is 5.58. The van der Waals surface area contributed by atoms with Gasteiger partial charge in [0.1, 0.15) is 0 Å². The van der Waals surface area contributed by atoms with Crippen molar-refractivity contribution in [3.63, 3.8) is 0 Å². The van der Waals surface area contributed by atoms with Crippen molar-refractivity contribution in [2.24, 2.45) is 5.92 Å². The fraction of sp³-hybridized carbons (Fsp3) is 0.371. The monoisotopic (exact) mass is 596 g/mol. The number of hydrogen-bond donors (Lipinski definition) is 2. The summed E-state index contributed by atoms with van der Waals surface area (Å²) in [6.45, 7) is 2.69. The fourth-order valence-corrected chi connectivity index (χ4v) is 6.54. The number of carbonyl (C=O) groups excluding carboxylic acids is 3. The van der Waals surface area contributed by atoms with Gasteiger partial charge in [-0.05, 0) is 68.3 Å². The lowest BCUT2D eigenvalue weighted by Crippen LogP contribution is -2.49. The normalized spacial score (nSPS) is 15.7. The van der Waals surface area contributed by atoms with E-state index in [1.54, 1.807) is 0 Å². The Morgan fingerprint density at radius 3 is 2.40 bits per heavy atom. The van der Waals surface area contributed by atoms with Crippen LogP contribution in [0.4, 0.5) is 0 Å². The van der Waals surface area contributed by atoms with Crippen molar-refractivity contribution < 1.29 is 14.4 Å². The predicted molar refractivity (Wildman–Crippen MR) is 172 cm³/mol. The van der Waals surface area contributed by atoms with Crippen LogP contribution in [-0.4, -0.2) is 53.2 Å². The number of amides is 2. The smallest absolute Gasteiger partial charge is 0.225 e. The van der Waals surface area contributed by atoms with Gasteiger partial charge >= 0.3 is 0 Å². The molecule has 0 aliphatic carbocycles. The van der Waals surface area contributed by atoms with Gasteiger partial charge in [0.2, 0.25) is 17.6 Å². The number of aryl methyl sites for hydroxylation is 1. The van der Waals surface area contributed by atoms with Gasteiger partial charge in [-0.1, -0.05) is 72.8 Å². The summed E-state index contributed by atoms with van der Waals surface area (Å²) >= 11 is 1.37. The Hall–Kier alpha value is -3.88. The zero-order valence-electron chi connectivity index (χ0n) is 24.5. The molecule has 0 unspecified atom stereocenters. The molecule has 1 aliphatic heterocycles. The number of fused-ring (bicyclic) bond motifs is 1. The Labute approximate surface area is 257 Å². The highest BCUT2D eigenvalue weighted by Gasteiger charge is 2.32. The molecule has 2 atom stereocenters. The van der Waals surface area contributed by atoms with E-state index in [0.29, 0.717) is 43.8 Å². The molecular weight excluding hydrogens is 556 g/mol. The molecule has 1 saturated heterocycles. The first-order valence-electron chi connectivity index (χ1n) is 15.3. The second-order valence-electron chi connectivity index (χ2n) is 11.2. The highest BCUT2D eigenvalue weighted by Crippen LogP contribution is 2.24. The Kier molecular flexibility index (Phi) is 11.1. The molecule has 0 bridgehead atoms. The number of aromatic nitrogens is 1. The maximum absolute atomic E-state index is 13.7. The number of nitrogens with zero attached hydrogens (tertiary/aromatic N) is 2. The van der Waals surface area contributed by atoms with Gasteiger partial charge in [-0.25, -0.2) is 4.98 Å². The van der Waals surface area contributed by atoms with Gasteiger partial charge in [0.05, 0.1) is 22.2 Å². The Bertz CT molecular complexity index is 1460. The van der Waals surface area contributed by atoms with Crippen LogP contribution in [0, 0.1) is 5.92 Å². The van der Waals surface area contributed by atoms with Gasteiger partial charge < -0.3 is 15.5 Å². The number of likely N-dealkylation sites (tertiary alicyclic amines) is 1. The Morgan fingerprint density at radius 2 is 1.63 bits per heavy atom. The number of Topliss-reactive ketones (excluding diaryl/α,β-unsaturated/α-hetero) is 1. The summed E-state index contributed by atoms with van der Waals surface area (Å²) in [4.78, 5) is 46.6. The summed E-state index contributed by atoms with van der Waals surface area (Å²) in [5.41, 5.74) is 3.16. The number of ketones is 1. The van der Waals surface area contributed by atoms with E-state index in [2.05, 4.69) is 27.8 Å². The SMILES string of the molecule is O=C(N[C@@H](CCCCNCc1ccccc1)C(=O)c1nc2ccccc2s1)[C@H]1CCCN(C(=O)CCc2ccccc2)C1. The van der Waals surface area contributed by atoms with Gasteiger partial charge in [-0.2, -0.15) is 0 Å². The van der Waals surface area contributed by atoms with Crippen molar-refractivity contribution in [3.05, 3.63) is 101 Å². The summed E-state index contributed by atoms with van der Waals surface area (Å²) in [6.07, 6.45) is 4.82. The molecule has 2 heterocycles. The molecule has 43 heavy (non-hydrogen) atoms. The minimum absolute atomic E-state index is 0.0754. The molecule has 1 aromatic heterocycles. The summed E-state index contributed by atoms with van der Waals surface area (Å²) in [5.74, 6) is -0.542. The lowest BCUT2D eigenvalue weighted by molar-refractivity contribution is -0.135. The van der Waals surface area contributed by atoms with Crippen LogP contribution in [0.3, 0.4) is 0 Å². The van der Waals surface area contributed by atoms with E-state index < -0.39 is 6.04 Å². The molecule has 3 aromatic carbocycles. The number of carbonyl (C=O) groups is 3. The number of unbranched alkanes of at least 4 members (excludes halogenated alkanes) is 1. The first-order valence-corrected chi connectivity index (χ1v) is 16.1. The van der Waals surface area contributed by atoms with Gasteiger partial charge in [0.15, 0.2) is 5.01 Å². The number of nitrogens with one attached hydrogen (secondary N) is 2.